The highest BCUT2D eigenvalue weighted by Gasteiger charge is 2.13. The molecule has 1 aromatic heterocycles. The van der Waals surface area contributed by atoms with Crippen LogP contribution in [0.15, 0.2) is 32.8 Å². The molecule has 6 nitrogen and oxygen atoms in total. The van der Waals surface area contributed by atoms with Crippen LogP contribution in [-0.4, -0.2) is 20.5 Å². The maximum atomic E-state index is 12.0. The van der Waals surface area contributed by atoms with E-state index >= 15 is 0 Å². The molecular weight excluding hydrogens is 317 g/mol. The molecule has 0 spiro atoms. The van der Waals surface area contributed by atoms with Crippen LogP contribution in [-0.2, 0) is 14.1 Å². The zero-order valence-electron chi connectivity index (χ0n) is 11.2. The van der Waals surface area contributed by atoms with Gasteiger partial charge in [0, 0.05) is 20.3 Å². The summed E-state index contributed by atoms with van der Waals surface area (Å²) in [5.74, 6) is -0.477. The Labute approximate surface area is 129 Å². The molecule has 0 radical (unpaired) electrons. The molecular formula is C13H11Cl2N3O3. The van der Waals surface area contributed by atoms with Crippen LogP contribution >= 0.6 is 23.2 Å². The third-order valence-corrected chi connectivity index (χ3v) is 3.54. The minimum atomic E-state index is -0.664. The molecule has 0 aliphatic heterocycles. The van der Waals surface area contributed by atoms with Crippen LogP contribution in [0.4, 0.5) is 5.69 Å². The number of rotatable bonds is 2. The van der Waals surface area contributed by atoms with Gasteiger partial charge < -0.3 is 5.11 Å². The van der Waals surface area contributed by atoms with Gasteiger partial charge in [-0.25, -0.2) is 4.79 Å². The lowest BCUT2D eigenvalue weighted by Crippen LogP contribution is -2.38. The average Bonchev–Trinajstić information content (AvgIpc) is 2.45. The Morgan fingerprint density at radius 1 is 1.14 bits per heavy atom. The summed E-state index contributed by atoms with van der Waals surface area (Å²) in [6.07, 6.45) is 1.13. The summed E-state index contributed by atoms with van der Waals surface area (Å²) in [7, 11) is 2.65. The van der Waals surface area contributed by atoms with Gasteiger partial charge >= 0.3 is 5.69 Å². The summed E-state index contributed by atoms with van der Waals surface area (Å²) in [4.78, 5) is 27.6. The molecule has 0 fully saturated rings. The molecule has 1 aromatic carbocycles. The van der Waals surface area contributed by atoms with Gasteiger partial charge in [-0.05, 0) is 12.1 Å². The number of hydrogen-bond donors (Lipinski definition) is 1. The molecule has 0 aliphatic rings. The lowest BCUT2D eigenvalue weighted by Gasteiger charge is -2.07. The molecule has 0 bridgehead atoms. The minimum Gasteiger partial charge on any atom is -0.494 e. The molecule has 0 saturated heterocycles. The van der Waals surface area contributed by atoms with Gasteiger partial charge in [0.05, 0.1) is 10.0 Å². The largest absolute Gasteiger partial charge is 0.494 e. The molecule has 1 heterocycles. The lowest BCUT2D eigenvalue weighted by atomic mass is 10.3. The second-order valence-corrected chi connectivity index (χ2v) is 5.09. The Balaban J connectivity index is 2.63. The third kappa shape index (κ3) is 2.72. The van der Waals surface area contributed by atoms with Crippen molar-refractivity contribution in [3.8, 4) is 5.88 Å². The van der Waals surface area contributed by atoms with E-state index in [0.29, 0.717) is 10.0 Å². The van der Waals surface area contributed by atoms with Crippen molar-refractivity contribution in [2.75, 3.05) is 0 Å². The number of nitrogens with zero attached hydrogens (tertiary/aromatic N) is 3. The Kier molecular flexibility index (Phi) is 4.20. The second-order valence-electron chi connectivity index (χ2n) is 4.27. The van der Waals surface area contributed by atoms with E-state index in [1.807, 2.05) is 0 Å². The first kappa shape index (κ1) is 15.3. The maximum absolute atomic E-state index is 12.0. The van der Waals surface area contributed by atoms with E-state index in [1.165, 1.54) is 14.1 Å². The predicted octanol–water partition coefficient (Wildman–Crippen LogP) is 1.85. The topological polar surface area (TPSA) is 76.6 Å². The number of aromatic nitrogens is 2. The summed E-state index contributed by atoms with van der Waals surface area (Å²) in [6.45, 7) is 0. The normalized spacial score (nSPS) is 11.2. The van der Waals surface area contributed by atoms with Gasteiger partial charge in [0.1, 0.15) is 11.3 Å². The first-order chi connectivity index (χ1) is 9.84. The van der Waals surface area contributed by atoms with Gasteiger partial charge in [-0.15, -0.1) is 0 Å². The number of halogens is 2. The first-order valence-electron chi connectivity index (χ1n) is 5.81. The molecule has 0 atom stereocenters. The quantitative estimate of drug-likeness (QED) is 0.855. The van der Waals surface area contributed by atoms with Crippen molar-refractivity contribution in [3.63, 3.8) is 0 Å². The Morgan fingerprint density at radius 2 is 1.71 bits per heavy atom. The summed E-state index contributed by atoms with van der Waals surface area (Å²) in [6, 6.07) is 4.85. The van der Waals surface area contributed by atoms with E-state index in [4.69, 9.17) is 23.2 Å². The summed E-state index contributed by atoms with van der Waals surface area (Å²) < 4.78 is 1.81. The van der Waals surface area contributed by atoms with Crippen LogP contribution in [0.25, 0.3) is 0 Å². The van der Waals surface area contributed by atoms with Crippen molar-refractivity contribution in [2.24, 2.45) is 19.1 Å². The molecule has 0 unspecified atom stereocenters. The van der Waals surface area contributed by atoms with Gasteiger partial charge in [-0.2, -0.15) is 0 Å². The first-order valence-corrected chi connectivity index (χ1v) is 6.57. The van der Waals surface area contributed by atoms with Crippen LogP contribution in [0.1, 0.15) is 5.56 Å². The molecule has 8 heteroatoms. The van der Waals surface area contributed by atoms with Crippen molar-refractivity contribution < 1.29 is 5.11 Å². The molecule has 21 heavy (non-hydrogen) atoms. The van der Waals surface area contributed by atoms with Gasteiger partial charge in [-0.1, -0.05) is 29.3 Å². The van der Waals surface area contributed by atoms with E-state index in [0.717, 1.165) is 15.3 Å². The van der Waals surface area contributed by atoms with Crippen LogP contribution in [0.5, 0.6) is 5.88 Å². The van der Waals surface area contributed by atoms with Gasteiger partial charge in [0.15, 0.2) is 0 Å². The molecule has 0 amide bonds. The summed E-state index contributed by atoms with van der Waals surface area (Å²) >= 11 is 11.9. The zero-order valence-corrected chi connectivity index (χ0v) is 12.7. The van der Waals surface area contributed by atoms with Gasteiger partial charge in [0.25, 0.3) is 5.56 Å². The average molecular weight is 328 g/mol. The monoisotopic (exact) mass is 327 g/mol. The fourth-order valence-corrected chi connectivity index (χ4v) is 2.21. The number of aliphatic imine (C=N–C) groups is 1. The SMILES string of the molecule is Cn1c(O)c(C=Nc2c(Cl)cccc2Cl)c(=O)n(C)c1=O. The Bertz CT molecular complexity index is 833. The Hall–Kier alpha value is -2.05. The van der Waals surface area contributed by atoms with E-state index in [2.05, 4.69) is 4.99 Å². The summed E-state index contributed by atoms with van der Waals surface area (Å²) in [5, 5.41) is 10.5. The van der Waals surface area contributed by atoms with Crippen LogP contribution in [0, 0.1) is 0 Å². The highest BCUT2D eigenvalue weighted by molar-refractivity contribution is 6.38. The van der Waals surface area contributed by atoms with Crippen LogP contribution in [0.2, 0.25) is 10.0 Å². The minimum absolute atomic E-state index is 0.129. The lowest BCUT2D eigenvalue weighted by molar-refractivity contribution is 0.410. The highest BCUT2D eigenvalue weighted by atomic mass is 35.5. The number of benzene rings is 1. The van der Waals surface area contributed by atoms with Gasteiger partial charge in [0.2, 0.25) is 5.88 Å². The molecule has 2 rings (SSSR count). The number of hydrogen-bond acceptors (Lipinski definition) is 4. The van der Waals surface area contributed by atoms with Crippen molar-refractivity contribution in [3.05, 3.63) is 54.6 Å². The predicted molar refractivity (Wildman–Crippen MR) is 82.3 cm³/mol. The highest BCUT2D eigenvalue weighted by Crippen LogP contribution is 2.32. The Morgan fingerprint density at radius 3 is 2.29 bits per heavy atom. The fraction of sp³-hybridized carbons (Fsp3) is 0.154. The van der Waals surface area contributed by atoms with Crippen LogP contribution < -0.4 is 11.2 Å². The van der Waals surface area contributed by atoms with E-state index in [1.54, 1.807) is 18.2 Å². The van der Waals surface area contributed by atoms with Crippen molar-refractivity contribution >= 4 is 35.1 Å². The van der Waals surface area contributed by atoms with Crippen molar-refractivity contribution in [2.45, 2.75) is 0 Å². The zero-order chi connectivity index (χ0) is 15.7. The van der Waals surface area contributed by atoms with Gasteiger partial charge in [-0.3, -0.25) is 18.9 Å². The van der Waals surface area contributed by atoms with Crippen LogP contribution in [0.3, 0.4) is 0 Å². The molecule has 0 aliphatic carbocycles. The van der Waals surface area contributed by atoms with Crippen molar-refractivity contribution in [1.82, 2.24) is 9.13 Å². The number of para-hydroxylation sites is 1. The van der Waals surface area contributed by atoms with Crippen molar-refractivity contribution in [1.29, 1.82) is 0 Å². The van der Waals surface area contributed by atoms with E-state index in [-0.39, 0.29) is 11.3 Å². The fourth-order valence-electron chi connectivity index (χ4n) is 1.71. The third-order valence-electron chi connectivity index (χ3n) is 2.93. The molecule has 110 valence electrons. The maximum Gasteiger partial charge on any atom is 0.333 e. The second kappa shape index (κ2) is 5.75. The van der Waals surface area contributed by atoms with E-state index < -0.39 is 17.1 Å². The van der Waals surface area contributed by atoms with E-state index in [9.17, 15) is 14.7 Å². The molecule has 1 N–H and O–H groups in total. The standard InChI is InChI=1S/C13H11Cl2N3O3/c1-17-11(19)7(12(20)18(2)13(17)21)6-16-10-8(14)4-3-5-9(10)15/h3-6,19H,1-2H3. The number of aromatic hydroxyl groups is 1. The molecule has 0 saturated carbocycles. The summed E-state index contributed by atoms with van der Waals surface area (Å²) in [5.41, 5.74) is -1.15. The smallest absolute Gasteiger partial charge is 0.333 e. The molecule has 2 aromatic rings.